The summed E-state index contributed by atoms with van der Waals surface area (Å²) in [5.41, 5.74) is 4.64. The zero-order chi connectivity index (χ0) is 34.9. The number of likely N-dealkylation sites (N-methyl/N-ethyl adjacent to an activating group) is 1. The van der Waals surface area contributed by atoms with Crippen LogP contribution in [0, 0.1) is 12.8 Å². The molecule has 4 heterocycles. The van der Waals surface area contributed by atoms with E-state index in [0.29, 0.717) is 32.1 Å². The monoisotopic (exact) mass is 680 g/mol. The molecule has 2 aliphatic rings. The van der Waals surface area contributed by atoms with Crippen molar-refractivity contribution in [2.24, 2.45) is 5.92 Å². The topological polar surface area (TPSA) is 75.8 Å². The van der Waals surface area contributed by atoms with E-state index < -0.39 is 0 Å². The molecule has 2 aliphatic heterocycles. The first-order valence-electron chi connectivity index (χ1n) is 18.0. The highest BCUT2D eigenvalue weighted by atomic mass is 16.6. The third-order valence-corrected chi connectivity index (χ3v) is 10.8. The molecule has 9 heteroatoms. The van der Waals surface area contributed by atoms with Crippen molar-refractivity contribution in [3.63, 3.8) is 0 Å². The number of nitrogens with zero attached hydrogens (tertiary/aromatic N) is 6. The SMILES string of the molecule is Cc1c(C(=O)N2CCN(C)CC2)c(-c2cccc3ccccc23)cn1-c1cncn1CC1CCN(C(=O)OCc2ccc3ccccc3c2)CC1. The lowest BCUT2D eigenvalue weighted by molar-refractivity contribution is 0.0663. The summed E-state index contributed by atoms with van der Waals surface area (Å²) in [5.74, 6) is 1.39. The van der Waals surface area contributed by atoms with Crippen LogP contribution in [0.25, 0.3) is 38.5 Å². The van der Waals surface area contributed by atoms with E-state index in [1.807, 2.05) is 40.5 Å². The summed E-state index contributed by atoms with van der Waals surface area (Å²) in [4.78, 5) is 38.0. The smallest absolute Gasteiger partial charge is 0.410 e. The minimum Gasteiger partial charge on any atom is -0.445 e. The van der Waals surface area contributed by atoms with Crippen LogP contribution in [0.4, 0.5) is 4.79 Å². The van der Waals surface area contributed by atoms with E-state index in [-0.39, 0.29) is 18.6 Å². The highest BCUT2D eigenvalue weighted by Crippen LogP contribution is 2.36. The van der Waals surface area contributed by atoms with Gasteiger partial charge in [-0.15, -0.1) is 0 Å². The molecule has 0 N–H and O–H groups in total. The molecule has 0 unspecified atom stereocenters. The number of benzene rings is 4. The number of imidazole rings is 1. The number of aromatic nitrogens is 3. The number of piperidine rings is 1. The molecule has 0 bridgehead atoms. The van der Waals surface area contributed by atoms with Crippen LogP contribution in [-0.2, 0) is 17.9 Å². The van der Waals surface area contributed by atoms with Crippen LogP contribution in [0.2, 0.25) is 0 Å². The third kappa shape index (κ3) is 6.61. The van der Waals surface area contributed by atoms with Gasteiger partial charge < -0.3 is 28.6 Å². The summed E-state index contributed by atoms with van der Waals surface area (Å²) < 4.78 is 10.1. The fourth-order valence-corrected chi connectivity index (χ4v) is 7.74. The zero-order valence-corrected chi connectivity index (χ0v) is 29.4. The Balaban J connectivity index is 0.995. The predicted octanol–water partition coefficient (Wildman–Crippen LogP) is 7.39. The summed E-state index contributed by atoms with van der Waals surface area (Å²) >= 11 is 0. The van der Waals surface area contributed by atoms with Crippen LogP contribution in [0.1, 0.15) is 34.5 Å². The second-order valence-electron chi connectivity index (χ2n) is 14.1. The first-order chi connectivity index (χ1) is 24.9. The highest BCUT2D eigenvalue weighted by molar-refractivity contribution is 6.07. The molecule has 0 saturated carbocycles. The van der Waals surface area contributed by atoms with Crippen LogP contribution in [-0.4, -0.2) is 87.1 Å². The van der Waals surface area contributed by atoms with E-state index in [1.54, 1.807) is 0 Å². The van der Waals surface area contributed by atoms with Crippen molar-refractivity contribution in [2.45, 2.75) is 32.9 Å². The number of carbonyl (C=O) groups excluding carboxylic acids is 2. The van der Waals surface area contributed by atoms with Crippen LogP contribution in [0.15, 0.2) is 104 Å². The second kappa shape index (κ2) is 14.1. The van der Waals surface area contributed by atoms with Crippen molar-refractivity contribution in [2.75, 3.05) is 46.3 Å². The van der Waals surface area contributed by atoms with Gasteiger partial charge in [0.25, 0.3) is 5.91 Å². The maximum Gasteiger partial charge on any atom is 0.410 e. The number of hydrogen-bond donors (Lipinski definition) is 0. The van der Waals surface area contributed by atoms with Gasteiger partial charge in [0.05, 0.1) is 18.1 Å². The Morgan fingerprint density at radius 2 is 1.51 bits per heavy atom. The standard InChI is InChI=1S/C42H44N6O3/c1-30-40(41(49)45-22-20-44(2)21-23-45)38(37-13-7-11-34-9-5-6-12-36(34)37)27-48(30)39-25-43-29-47(39)26-31-16-18-46(19-17-31)42(50)51-28-32-14-15-33-8-3-4-10-35(33)24-32/h3-15,24-25,27,29,31H,16-23,26,28H2,1-2H3. The number of rotatable bonds is 7. The van der Waals surface area contributed by atoms with E-state index in [9.17, 15) is 9.59 Å². The van der Waals surface area contributed by atoms with E-state index in [0.717, 1.165) is 82.4 Å². The van der Waals surface area contributed by atoms with E-state index >= 15 is 0 Å². The van der Waals surface area contributed by atoms with Crippen molar-refractivity contribution in [3.8, 4) is 16.9 Å². The summed E-state index contributed by atoms with van der Waals surface area (Å²) in [6, 6.07) is 29.1. The van der Waals surface area contributed by atoms with Crippen LogP contribution in [0.3, 0.4) is 0 Å². The molecule has 6 aromatic rings. The Morgan fingerprint density at radius 3 is 2.31 bits per heavy atom. The molecule has 2 saturated heterocycles. The number of likely N-dealkylation sites (tertiary alicyclic amines) is 1. The molecule has 8 rings (SSSR count). The van der Waals surface area contributed by atoms with Crippen molar-refractivity contribution in [3.05, 3.63) is 120 Å². The largest absolute Gasteiger partial charge is 0.445 e. The highest BCUT2D eigenvalue weighted by Gasteiger charge is 2.29. The molecule has 0 atom stereocenters. The molecule has 2 fully saturated rings. The number of piperazine rings is 1. The lowest BCUT2D eigenvalue weighted by Crippen LogP contribution is -2.47. The Bertz CT molecular complexity index is 2200. The Kier molecular flexibility index (Phi) is 9.04. The summed E-state index contributed by atoms with van der Waals surface area (Å²) in [5, 5.41) is 4.59. The minimum atomic E-state index is -0.258. The van der Waals surface area contributed by atoms with Gasteiger partial charge in [-0.25, -0.2) is 9.78 Å². The van der Waals surface area contributed by atoms with Crippen LogP contribution >= 0.6 is 0 Å². The first-order valence-corrected chi connectivity index (χ1v) is 18.0. The average molecular weight is 681 g/mol. The number of hydrogen-bond acceptors (Lipinski definition) is 5. The van der Waals surface area contributed by atoms with E-state index in [4.69, 9.17) is 4.74 Å². The van der Waals surface area contributed by atoms with Gasteiger partial charge in [-0.1, -0.05) is 78.9 Å². The summed E-state index contributed by atoms with van der Waals surface area (Å²) in [6.45, 7) is 7.55. The molecule has 2 aromatic heterocycles. The fraction of sp³-hybridized carbons (Fsp3) is 0.310. The molecule has 0 radical (unpaired) electrons. The fourth-order valence-electron chi connectivity index (χ4n) is 7.74. The van der Waals surface area contributed by atoms with Gasteiger partial charge in [-0.05, 0) is 71.5 Å². The normalized spacial score (nSPS) is 15.9. The van der Waals surface area contributed by atoms with Gasteiger partial charge in [0.15, 0.2) is 0 Å². The number of carbonyl (C=O) groups is 2. The number of fused-ring (bicyclic) bond motifs is 2. The average Bonchev–Trinajstić information content (AvgIpc) is 3.77. The van der Waals surface area contributed by atoms with Crippen molar-refractivity contribution < 1.29 is 14.3 Å². The number of ether oxygens (including phenoxy) is 1. The molecule has 0 spiro atoms. The van der Waals surface area contributed by atoms with Gasteiger partial charge in [0.2, 0.25) is 0 Å². The lowest BCUT2D eigenvalue weighted by atomic mass is 9.96. The van der Waals surface area contributed by atoms with Crippen LogP contribution in [0.5, 0.6) is 0 Å². The molecule has 51 heavy (non-hydrogen) atoms. The molecule has 4 aromatic carbocycles. The van der Waals surface area contributed by atoms with Gasteiger partial charge in [0.1, 0.15) is 12.4 Å². The zero-order valence-electron chi connectivity index (χ0n) is 29.4. The van der Waals surface area contributed by atoms with Gasteiger partial charge >= 0.3 is 6.09 Å². The maximum atomic E-state index is 14.3. The lowest BCUT2D eigenvalue weighted by Gasteiger charge is -2.32. The molecule has 2 amide bonds. The second-order valence-corrected chi connectivity index (χ2v) is 14.1. The Labute approximate surface area is 298 Å². The predicted molar refractivity (Wildman–Crippen MR) is 201 cm³/mol. The Hall–Kier alpha value is -5.41. The number of amides is 2. The minimum absolute atomic E-state index is 0.0771. The third-order valence-electron chi connectivity index (χ3n) is 10.8. The molecule has 0 aliphatic carbocycles. The van der Waals surface area contributed by atoms with Crippen molar-refractivity contribution in [1.82, 2.24) is 28.8 Å². The van der Waals surface area contributed by atoms with E-state index in [1.165, 1.54) is 5.39 Å². The summed E-state index contributed by atoms with van der Waals surface area (Å²) in [6.07, 6.45) is 7.40. The van der Waals surface area contributed by atoms with Crippen molar-refractivity contribution in [1.29, 1.82) is 0 Å². The van der Waals surface area contributed by atoms with Gasteiger partial charge in [-0.3, -0.25) is 4.79 Å². The molecule has 260 valence electrons. The Morgan fingerprint density at radius 1 is 0.784 bits per heavy atom. The maximum absolute atomic E-state index is 14.3. The molecule has 9 nitrogen and oxygen atoms in total. The van der Waals surface area contributed by atoms with Crippen molar-refractivity contribution >= 4 is 33.5 Å². The van der Waals surface area contributed by atoms with Gasteiger partial charge in [0, 0.05) is 63.3 Å². The van der Waals surface area contributed by atoms with Crippen LogP contribution < -0.4 is 0 Å². The summed E-state index contributed by atoms with van der Waals surface area (Å²) in [7, 11) is 2.11. The first kappa shape index (κ1) is 32.8. The quantitative estimate of drug-likeness (QED) is 0.176. The molecular weight excluding hydrogens is 637 g/mol. The van der Waals surface area contributed by atoms with Gasteiger partial charge in [-0.2, -0.15) is 0 Å². The van der Waals surface area contributed by atoms with E-state index in [2.05, 4.69) is 106 Å². The molecular formula is C42H44N6O3.